The maximum atomic E-state index is 10.9. The Balaban J connectivity index is 1.81. The number of rotatable bonds is 4. The quantitative estimate of drug-likeness (QED) is 0.930. The van der Waals surface area contributed by atoms with E-state index >= 15 is 0 Å². The van der Waals surface area contributed by atoms with Gasteiger partial charge in [0.2, 0.25) is 0 Å². The molecular weight excluding hydrogens is 302 g/mol. The number of hydrogen-bond acceptors (Lipinski definition) is 6. The predicted octanol–water partition coefficient (Wildman–Crippen LogP) is 2.15. The summed E-state index contributed by atoms with van der Waals surface area (Å²) in [6.45, 7) is 6.07. The van der Waals surface area contributed by atoms with E-state index < -0.39 is 5.97 Å². The molecule has 2 heterocycles. The van der Waals surface area contributed by atoms with Crippen LogP contribution in [0.4, 0.5) is 0 Å². The molecule has 1 saturated heterocycles. The van der Waals surface area contributed by atoms with Gasteiger partial charge < -0.3 is 9.84 Å². The number of hydrogen-bond donors (Lipinski definition) is 1. The summed E-state index contributed by atoms with van der Waals surface area (Å²) in [7, 11) is 0. The smallest absolute Gasteiger partial charge is 0.306 e. The fourth-order valence-electron chi connectivity index (χ4n) is 2.75. The van der Waals surface area contributed by atoms with Crippen molar-refractivity contribution in [3.63, 3.8) is 0 Å². The van der Waals surface area contributed by atoms with Crippen molar-refractivity contribution < 1.29 is 14.6 Å². The Hall–Kier alpha value is -1.57. The first-order valence-electron chi connectivity index (χ1n) is 7.24. The molecule has 118 valence electrons. The van der Waals surface area contributed by atoms with Crippen LogP contribution in [0.15, 0.2) is 18.2 Å². The fraction of sp³-hybridized carbons (Fsp3) is 0.533. The summed E-state index contributed by atoms with van der Waals surface area (Å²) in [6, 6.07) is 6.00. The average molecular weight is 321 g/mol. The molecule has 1 unspecified atom stereocenters. The van der Waals surface area contributed by atoms with E-state index in [2.05, 4.69) is 33.6 Å². The molecule has 7 heteroatoms. The molecule has 1 N–H and O–H groups in total. The third kappa shape index (κ3) is 3.11. The SMILES string of the molecule is CC1(C)COC(CC(=O)O)CN1Cc1cccc2nsnc12. The minimum absolute atomic E-state index is 0.0367. The lowest BCUT2D eigenvalue weighted by Gasteiger charge is -2.45. The summed E-state index contributed by atoms with van der Waals surface area (Å²) in [4.78, 5) is 13.2. The summed E-state index contributed by atoms with van der Waals surface area (Å²) >= 11 is 1.22. The Labute approximate surface area is 133 Å². The minimum Gasteiger partial charge on any atom is -0.481 e. The summed E-state index contributed by atoms with van der Waals surface area (Å²) < 4.78 is 14.3. The van der Waals surface area contributed by atoms with Crippen molar-refractivity contribution >= 4 is 28.7 Å². The molecule has 1 aromatic heterocycles. The van der Waals surface area contributed by atoms with Gasteiger partial charge in [-0.15, -0.1) is 0 Å². The first kappa shape index (κ1) is 15.3. The second kappa shape index (κ2) is 5.91. The Morgan fingerprint density at radius 1 is 1.50 bits per heavy atom. The lowest BCUT2D eigenvalue weighted by atomic mass is 9.98. The number of nitrogens with zero attached hydrogens (tertiary/aromatic N) is 3. The zero-order valence-corrected chi connectivity index (χ0v) is 13.5. The van der Waals surface area contributed by atoms with Crippen LogP contribution in [0.1, 0.15) is 25.8 Å². The van der Waals surface area contributed by atoms with Gasteiger partial charge in [0, 0.05) is 18.6 Å². The van der Waals surface area contributed by atoms with E-state index in [1.807, 2.05) is 12.1 Å². The van der Waals surface area contributed by atoms with E-state index in [0.717, 1.165) is 23.1 Å². The maximum absolute atomic E-state index is 10.9. The van der Waals surface area contributed by atoms with E-state index in [0.29, 0.717) is 13.2 Å². The lowest BCUT2D eigenvalue weighted by Crippen LogP contribution is -2.55. The average Bonchev–Trinajstić information content (AvgIpc) is 2.91. The van der Waals surface area contributed by atoms with Crippen LogP contribution in [-0.2, 0) is 16.1 Å². The van der Waals surface area contributed by atoms with Crippen molar-refractivity contribution in [1.82, 2.24) is 13.6 Å². The van der Waals surface area contributed by atoms with Gasteiger partial charge in [-0.25, -0.2) is 0 Å². The molecule has 0 aliphatic carbocycles. The molecule has 0 spiro atoms. The second-order valence-electron chi connectivity index (χ2n) is 6.27. The molecule has 1 aromatic carbocycles. The fourth-order valence-corrected chi connectivity index (χ4v) is 3.32. The second-order valence-corrected chi connectivity index (χ2v) is 6.80. The Morgan fingerprint density at radius 2 is 2.32 bits per heavy atom. The monoisotopic (exact) mass is 321 g/mol. The van der Waals surface area contributed by atoms with Gasteiger partial charge in [0.15, 0.2) is 0 Å². The van der Waals surface area contributed by atoms with Crippen molar-refractivity contribution in [3.8, 4) is 0 Å². The van der Waals surface area contributed by atoms with E-state index in [9.17, 15) is 4.79 Å². The van der Waals surface area contributed by atoms with E-state index in [4.69, 9.17) is 9.84 Å². The molecule has 3 rings (SSSR count). The molecule has 0 bridgehead atoms. The number of carbonyl (C=O) groups is 1. The molecule has 1 aliphatic heterocycles. The highest BCUT2D eigenvalue weighted by atomic mass is 32.1. The summed E-state index contributed by atoms with van der Waals surface area (Å²) in [5, 5.41) is 8.97. The van der Waals surface area contributed by atoms with Crippen LogP contribution in [0.25, 0.3) is 11.0 Å². The van der Waals surface area contributed by atoms with Crippen molar-refractivity contribution in [2.45, 2.75) is 38.5 Å². The van der Waals surface area contributed by atoms with Crippen LogP contribution < -0.4 is 0 Å². The Bertz CT molecular complexity index is 685. The zero-order valence-electron chi connectivity index (χ0n) is 12.7. The van der Waals surface area contributed by atoms with Crippen LogP contribution in [0, 0.1) is 0 Å². The minimum atomic E-state index is -0.824. The van der Waals surface area contributed by atoms with Gasteiger partial charge in [-0.3, -0.25) is 9.69 Å². The maximum Gasteiger partial charge on any atom is 0.306 e. The highest BCUT2D eigenvalue weighted by molar-refractivity contribution is 7.00. The standard InChI is InChI=1S/C15H19N3O3S/c1-15(2)9-21-11(6-13(19)20)8-18(15)7-10-4-3-5-12-14(10)17-22-16-12/h3-5,11H,6-9H2,1-2H3,(H,19,20). The van der Waals surface area contributed by atoms with E-state index in [1.54, 1.807) is 0 Å². The number of aliphatic carboxylic acids is 1. The van der Waals surface area contributed by atoms with Gasteiger partial charge in [-0.05, 0) is 25.5 Å². The summed E-state index contributed by atoms with van der Waals surface area (Å²) in [5.74, 6) is -0.824. The summed E-state index contributed by atoms with van der Waals surface area (Å²) in [6.07, 6.45) is -0.229. The lowest BCUT2D eigenvalue weighted by molar-refractivity contribution is -0.147. The molecule has 22 heavy (non-hydrogen) atoms. The highest BCUT2D eigenvalue weighted by Gasteiger charge is 2.36. The molecular formula is C15H19N3O3S. The normalized spacial score (nSPS) is 22.0. The number of benzene rings is 1. The third-order valence-corrected chi connectivity index (χ3v) is 4.63. The zero-order chi connectivity index (χ0) is 15.7. The largest absolute Gasteiger partial charge is 0.481 e. The highest BCUT2D eigenvalue weighted by Crippen LogP contribution is 2.27. The number of morpholine rings is 1. The van der Waals surface area contributed by atoms with Crippen molar-refractivity contribution in [1.29, 1.82) is 0 Å². The molecule has 1 fully saturated rings. The van der Waals surface area contributed by atoms with Crippen LogP contribution in [-0.4, -0.2) is 49.5 Å². The first-order valence-corrected chi connectivity index (χ1v) is 7.97. The van der Waals surface area contributed by atoms with Gasteiger partial charge in [0.25, 0.3) is 0 Å². The topological polar surface area (TPSA) is 75.6 Å². The number of fused-ring (bicyclic) bond motifs is 1. The van der Waals surface area contributed by atoms with Crippen molar-refractivity contribution in [2.24, 2.45) is 0 Å². The van der Waals surface area contributed by atoms with E-state index in [-0.39, 0.29) is 18.1 Å². The molecule has 1 atom stereocenters. The molecule has 2 aromatic rings. The Kier molecular flexibility index (Phi) is 4.12. The van der Waals surface area contributed by atoms with Gasteiger partial charge in [0.05, 0.1) is 30.9 Å². The van der Waals surface area contributed by atoms with Crippen molar-refractivity contribution in [2.75, 3.05) is 13.2 Å². The van der Waals surface area contributed by atoms with Crippen molar-refractivity contribution in [3.05, 3.63) is 23.8 Å². The molecule has 1 aliphatic rings. The van der Waals surface area contributed by atoms with Gasteiger partial charge >= 0.3 is 5.97 Å². The Morgan fingerprint density at radius 3 is 3.09 bits per heavy atom. The van der Waals surface area contributed by atoms with Gasteiger partial charge in [-0.1, -0.05) is 12.1 Å². The molecule has 0 radical (unpaired) electrons. The van der Waals surface area contributed by atoms with Crippen LogP contribution in [0.5, 0.6) is 0 Å². The van der Waals surface area contributed by atoms with Crippen LogP contribution >= 0.6 is 11.7 Å². The molecule has 6 nitrogen and oxygen atoms in total. The molecule has 0 amide bonds. The van der Waals surface area contributed by atoms with Crippen LogP contribution in [0.2, 0.25) is 0 Å². The predicted molar refractivity (Wildman–Crippen MR) is 83.9 cm³/mol. The molecule has 0 saturated carbocycles. The first-order chi connectivity index (χ1) is 10.5. The van der Waals surface area contributed by atoms with Gasteiger partial charge in [-0.2, -0.15) is 8.75 Å². The number of ether oxygens (including phenoxy) is 1. The summed E-state index contributed by atoms with van der Waals surface area (Å²) in [5.41, 5.74) is 2.83. The third-order valence-electron chi connectivity index (χ3n) is 4.09. The van der Waals surface area contributed by atoms with Crippen LogP contribution in [0.3, 0.4) is 0 Å². The number of carboxylic acid groups (broad SMARTS) is 1. The van der Waals surface area contributed by atoms with E-state index in [1.165, 1.54) is 11.7 Å². The number of carboxylic acids is 1. The van der Waals surface area contributed by atoms with Gasteiger partial charge in [0.1, 0.15) is 11.0 Å². The number of aromatic nitrogens is 2.